The maximum Gasteiger partial charge on any atom is 0.0877 e. The van der Waals surface area contributed by atoms with Gasteiger partial charge in [-0.25, -0.2) is 0 Å². The molecule has 1 heterocycles. The summed E-state index contributed by atoms with van der Waals surface area (Å²) in [6.07, 6.45) is 3.17. The summed E-state index contributed by atoms with van der Waals surface area (Å²) < 4.78 is 5.94. The van der Waals surface area contributed by atoms with E-state index in [1.807, 2.05) is 13.8 Å². The average molecular weight is 200 g/mol. The Morgan fingerprint density at radius 2 is 1.93 bits per heavy atom. The van der Waals surface area contributed by atoms with Crippen LogP contribution in [0.1, 0.15) is 53.9 Å². The van der Waals surface area contributed by atoms with Gasteiger partial charge in [0.2, 0.25) is 0 Å². The molecule has 1 aliphatic rings. The van der Waals surface area contributed by atoms with Gasteiger partial charge in [-0.2, -0.15) is 0 Å². The largest absolute Gasteiger partial charge is 0.387 e. The molecule has 0 aromatic carbocycles. The summed E-state index contributed by atoms with van der Waals surface area (Å²) in [6, 6.07) is 0. The van der Waals surface area contributed by atoms with Crippen LogP contribution in [0.2, 0.25) is 0 Å². The second-order valence-electron chi connectivity index (χ2n) is 5.88. The van der Waals surface area contributed by atoms with Crippen molar-refractivity contribution in [2.45, 2.75) is 71.7 Å². The van der Waals surface area contributed by atoms with Crippen molar-refractivity contribution in [3.8, 4) is 0 Å². The molecule has 0 spiro atoms. The van der Waals surface area contributed by atoms with E-state index in [2.05, 4.69) is 20.8 Å². The zero-order valence-corrected chi connectivity index (χ0v) is 10.1. The van der Waals surface area contributed by atoms with Gasteiger partial charge in [0.05, 0.1) is 17.8 Å². The Morgan fingerprint density at radius 1 is 1.36 bits per heavy atom. The number of aliphatic hydroxyl groups is 1. The highest BCUT2D eigenvalue weighted by Crippen LogP contribution is 2.34. The molecule has 1 aliphatic heterocycles. The first-order valence-electron chi connectivity index (χ1n) is 5.61. The number of hydrogen-bond acceptors (Lipinski definition) is 2. The van der Waals surface area contributed by atoms with Crippen molar-refractivity contribution in [3.05, 3.63) is 0 Å². The molecule has 0 saturated carbocycles. The first kappa shape index (κ1) is 12.0. The zero-order chi connectivity index (χ0) is 11.0. The van der Waals surface area contributed by atoms with Gasteiger partial charge in [0, 0.05) is 0 Å². The van der Waals surface area contributed by atoms with Crippen LogP contribution in [0.3, 0.4) is 0 Å². The van der Waals surface area contributed by atoms with Gasteiger partial charge in [-0.1, -0.05) is 20.8 Å². The molecule has 84 valence electrons. The van der Waals surface area contributed by atoms with E-state index in [4.69, 9.17) is 4.74 Å². The third-order valence-electron chi connectivity index (χ3n) is 3.36. The Labute approximate surface area is 87.7 Å². The van der Waals surface area contributed by atoms with Gasteiger partial charge in [0.15, 0.2) is 0 Å². The molecule has 1 fully saturated rings. The summed E-state index contributed by atoms with van der Waals surface area (Å²) in [5.41, 5.74) is -0.478. The number of ether oxygens (including phenoxy) is 1. The van der Waals surface area contributed by atoms with Crippen molar-refractivity contribution in [2.24, 2.45) is 5.41 Å². The molecule has 0 radical (unpaired) electrons. The molecule has 0 aromatic heterocycles. The van der Waals surface area contributed by atoms with Crippen LogP contribution in [0.5, 0.6) is 0 Å². The SMILES string of the molecule is C[C@H]1O[C@H](C(C)(C)C)CCC[C@@]1(C)O. The van der Waals surface area contributed by atoms with Crippen molar-refractivity contribution < 1.29 is 9.84 Å². The minimum Gasteiger partial charge on any atom is -0.387 e. The van der Waals surface area contributed by atoms with E-state index in [9.17, 15) is 5.11 Å². The molecule has 1 N–H and O–H groups in total. The van der Waals surface area contributed by atoms with E-state index >= 15 is 0 Å². The van der Waals surface area contributed by atoms with E-state index < -0.39 is 5.60 Å². The van der Waals surface area contributed by atoms with Gasteiger partial charge in [-0.15, -0.1) is 0 Å². The van der Waals surface area contributed by atoms with E-state index in [1.165, 1.54) is 0 Å². The van der Waals surface area contributed by atoms with Crippen LogP contribution in [0.25, 0.3) is 0 Å². The highest BCUT2D eigenvalue weighted by atomic mass is 16.5. The fraction of sp³-hybridized carbons (Fsp3) is 1.00. The van der Waals surface area contributed by atoms with Gasteiger partial charge in [-0.3, -0.25) is 0 Å². The average Bonchev–Trinajstić information content (AvgIpc) is 2.10. The van der Waals surface area contributed by atoms with Crippen LogP contribution >= 0.6 is 0 Å². The molecule has 0 amide bonds. The first-order chi connectivity index (χ1) is 6.23. The smallest absolute Gasteiger partial charge is 0.0877 e. The standard InChI is InChI=1S/C12H24O2/c1-9-12(5,13)8-6-7-10(14-9)11(2,3)4/h9-10,13H,6-8H2,1-5H3/t9-,10+,12-/m1/s1. The summed E-state index contributed by atoms with van der Waals surface area (Å²) in [7, 11) is 0. The van der Waals surface area contributed by atoms with E-state index in [1.54, 1.807) is 0 Å². The maximum absolute atomic E-state index is 10.1. The summed E-state index contributed by atoms with van der Waals surface area (Å²) in [5.74, 6) is 0. The third kappa shape index (κ3) is 2.71. The van der Waals surface area contributed by atoms with Gasteiger partial charge >= 0.3 is 0 Å². The summed E-state index contributed by atoms with van der Waals surface area (Å²) >= 11 is 0. The van der Waals surface area contributed by atoms with Gasteiger partial charge in [0.1, 0.15) is 0 Å². The molecule has 0 bridgehead atoms. The topological polar surface area (TPSA) is 29.5 Å². The minimum atomic E-state index is -0.653. The minimum absolute atomic E-state index is 0.0609. The summed E-state index contributed by atoms with van der Waals surface area (Å²) in [6.45, 7) is 10.5. The normalized spacial score (nSPS) is 40.7. The Morgan fingerprint density at radius 3 is 2.43 bits per heavy atom. The fourth-order valence-electron chi connectivity index (χ4n) is 1.95. The lowest BCUT2D eigenvalue weighted by Crippen LogP contribution is -2.41. The summed E-state index contributed by atoms with van der Waals surface area (Å²) in [5, 5.41) is 10.1. The van der Waals surface area contributed by atoms with Crippen molar-refractivity contribution in [2.75, 3.05) is 0 Å². The fourth-order valence-corrected chi connectivity index (χ4v) is 1.95. The zero-order valence-electron chi connectivity index (χ0n) is 10.1. The Balaban J connectivity index is 2.70. The van der Waals surface area contributed by atoms with Crippen LogP contribution in [0.15, 0.2) is 0 Å². The van der Waals surface area contributed by atoms with Gasteiger partial charge in [-0.05, 0) is 38.5 Å². The second kappa shape index (κ2) is 3.82. The molecule has 0 aromatic rings. The highest BCUT2D eigenvalue weighted by Gasteiger charge is 2.37. The third-order valence-corrected chi connectivity index (χ3v) is 3.36. The number of rotatable bonds is 0. The Kier molecular flexibility index (Phi) is 3.27. The molecule has 3 atom stereocenters. The lowest BCUT2D eigenvalue weighted by Gasteiger charge is -2.34. The molecule has 2 heteroatoms. The van der Waals surface area contributed by atoms with Gasteiger partial charge in [0.25, 0.3) is 0 Å². The molecular weight excluding hydrogens is 176 g/mol. The maximum atomic E-state index is 10.1. The van der Waals surface area contributed by atoms with E-state index in [0.29, 0.717) is 0 Å². The lowest BCUT2D eigenvalue weighted by molar-refractivity contribution is -0.129. The molecule has 0 aliphatic carbocycles. The molecular formula is C12H24O2. The highest BCUT2D eigenvalue weighted by molar-refractivity contribution is 4.87. The van der Waals surface area contributed by atoms with Crippen molar-refractivity contribution in [1.29, 1.82) is 0 Å². The van der Waals surface area contributed by atoms with Crippen molar-refractivity contribution >= 4 is 0 Å². The molecule has 1 saturated heterocycles. The first-order valence-corrected chi connectivity index (χ1v) is 5.61. The quantitative estimate of drug-likeness (QED) is 0.651. The van der Waals surface area contributed by atoms with E-state index in [0.717, 1.165) is 19.3 Å². The predicted molar refractivity (Wildman–Crippen MR) is 58.3 cm³/mol. The predicted octanol–water partition coefficient (Wildman–Crippen LogP) is 2.74. The Bertz CT molecular complexity index is 191. The Hall–Kier alpha value is -0.0800. The van der Waals surface area contributed by atoms with E-state index in [-0.39, 0.29) is 17.6 Å². The lowest BCUT2D eigenvalue weighted by atomic mass is 9.86. The second-order valence-corrected chi connectivity index (χ2v) is 5.88. The van der Waals surface area contributed by atoms with Crippen molar-refractivity contribution in [3.63, 3.8) is 0 Å². The number of hydrogen-bond donors (Lipinski definition) is 1. The van der Waals surface area contributed by atoms with Crippen LogP contribution in [0, 0.1) is 5.41 Å². The monoisotopic (exact) mass is 200 g/mol. The molecule has 2 nitrogen and oxygen atoms in total. The molecule has 1 rings (SSSR count). The van der Waals surface area contributed by atoms with Gasteiger partial charge < -0.3 is 9.84 Å². The van der Waals surface area contributed by atoms with Crippen LogP contribution in [0.4, 0.5) is 0 Å². The molecule has 14 heavy (non-hydrogen) atoms. The van der Waals surface area contributed by atoms with Crippen LogP contribution in [-0.4, -0.2) is 22.9 Å². The van der Waals surface area contributed by atoms with Crippen LogP contribution in [-0.2, 0) is 4.74 Å². The summed E-state index contributed by atoms with van der Waals surface area (Å²) in [4.78, 5) is 0. The van der Waals surface area contributed by atoms with Crippen molar-refractivity contribution in [1.82, 2.24) is 0 Å². The van der Waals surface area contributed by atoms with Crippen LogP contribution < -0.4 is 0 Å². The molecule has 0 unspecified atom stereocenters.